The summed E-state index contributed by atoms with van der Waals surface area (Å²) in [5, 5.41) is 14.0. The van der Waals surface area contributed by atoms with Gasteiger partial charge in [0.1, 0.15) is 6.04 Å². The van der Waals surface area contributed by atoms with Gasteiger partial charge in [-0.15, -0.1) is 0 Å². The third-order valence-electron chi connectivity index (χ3n) is 9.10. The number of amides is 3. The molecule has 5 N–H and O–H groups in total. The molecular weight excluding hydrogens is 841 g/mol. The number of rotatable bonds is 17. The number of alkyl halides is 3. The Kier molecular flexibility index (Phi) is 13.8. The fourth-order valence-corrected chi connectivity index (χ4v) is 5.91. The number of carbonyl (C=O) groups is 4. The van der Waals surface area contributed by atoms with Crippen molar-refractivity contribution in [2.75, 3.05) is 50.4 Å². The SMILES string of the molecule is COC(=O)[C@H](CCNC(=O)C(=O)Nc1ccc(-c2nc(OC)cc(OC)n2)cc1)NC(=O)c1ccc(Nc2nc(NC3(c4ccc(Cl)cc4)CC3)nc(OCC(F)(F)F)n2)cc1. The lowest BCUT2D eigenvalue weighted by atomic mass is 10.1. The molecule has 0 bridgehead atoms. The Bertz CT molecular complexity index is 2380. The first-order chi connectivity index (χ1) is 29.6. The van der Waals surface area contributed by atoms with Crippen molar-refractivity contribution in [2.45, 2.75) is 37.0 Å². The normalized spacial score (nSPS) is 13.1. The number of benzene rings is 3. The van der Waals surface area contributed by atoms with Crippen LogP contribution in [0, 0.1) is 0 Å². The highest BCUT2D eigenvalue weighted by Crippen LogP contribution is 2.48. The summed E-state index contributed by atoms with van der Waals surface area (Å²) in [6, 6.07) is 18.9. The van der Waals surface area contributed by atoms with Gasteiger partial charge in [0, 0.05) is 34.1 Å². The molecule has 6 rings (SSSR count). The molecule has 0 radical (unpaired) electrons. The molecule has 1 atom stereocenters. The highest BCUT2D eigenvalue weighted by atomic mass is 35.5. The zero-order valence-electron chi connectivity index (χ0n) is 33.1. The Morgan fingerprint density at radius 3 is 2.02 bits per heavy atom. The van der Waals surface area contributed by atoms with E-state index in [1.165, 1.54) is 44.6 Å². The third-order valence-corrected chi connectivity index (χ3v) is 9.35. The molecule has 1 aliphatic rings. The van der Waals surface area contributed by atoms with Gasteiger partial charge in [0.05, 0.1) is 32.9 Å². The molecule has 0 unspecified atom stereocenters. The average Bonchev–Trinajstić information content (AvgIpc) is 4.05. The number of hydrogen-bond donors (Lipinski definition) is 5. The van der Waals surface area contributed by atoms with Gasteiger partial charge >= 0.3 is 30.0 Å². The topological polar surface area (TPSA) is 230 Å². The van der Waals surface area contributed by atoms with Crippen molar-refractivity contribution in [1.82, 2.24) is 35.6 Å². The number of methoxy groups -OCH3 is 3. The number of aromatic nitrogens is 5. The van der Waals surface area contributed by atoms with E-state index < -0.39 is 54.1 Å². The van der Waals surface area contributed by atoms with Crippen LogP contribution < -0.4 is 40.8 Å². The number of esters is 1. The van der Waals surface area contributed by atoms with Gasteiger partial charge in [-0.3, -0.25) is 14.4 Å². The van der Waals surface area contributed by atoms with Gasteiger partial charge in [0.25, 0.3) is 5.91 Å². The summed E-state index contributed by atoms with van der Waals surface area (Å²) < 4.78 is 59.0. The van der Waals surface area contributed by atoms with E-state index in [9.17, 15) is 32.3 Å². The maximum Gasteiger partial charge on any atom is 0.422 e. The van der Waals surface area contributed by atoms with E-state index in [1.54, 1.807) is 36.4 Å². The summed E-state index contributed by atoms with van der Waals surface area (Å²) in [4.78, 5) is 71.9. The maximum absolute atomic E-state index is 13.2. The largest absolute Gasteiger partial charge is 0.481 e. The van der Waals surface area contributed by atoms with Crippen molar-refractivity contribution in [3.8, 4) is 29.2 Å². The molecule has 18 nitrogen and oxygen atoms in total. The molecule has 1 fully saturated rings. The fourth-order valence-electron chi connectivity index (χ4n) is 5.78. The summed E-state index contributed by atoms with van der Waals surface area (Å²) in [6.45, 7) is -1.83. The van der Waals surface area contributed by atoms with Crippen molar-refractivity contribution in [1.29, 1.82) is 0 Å². The van der Waals surface area contributed by atoms with Crippen LogP contribution in [-0.2, 0) is 24.7 Å². The fraction of sp³-hybridized carbons (Fsp3) is 0.275. The standard InChI is InChI=1S/C40H38ClF3N10O8/c1-59-29-20-30(60-2)50-31(49-29)22-4-12-26(13-5-22)46-34(57)33(56)45-19-16-28(35(58)61-3)48-32(55)23-6-14-27(15-7-23)47-36-51-37(53-38(52-36)62-21-40(42,43)44)54-39(17-18-39)24-8-10-25(41)11-9-24/h4-15,20,28H,16-19,21H2,1-3H3,(H,45,56)(H,46,57)(H,48,55)(H2,47,51,52,53,54)/t28-/m0/s1. The van der Waals surface area contributed by atoms with Crippen LogP contribution in [0.4, 0.5) is 36.4 Å². The summed E-state index contributed by atoms with van der Waals surface area (Å²) in [5.74, 6) is -2.76. The molecule has 2 aromatic heterocycles. The van der Waals surface area contributed by atoms with Crippen LogP contribution in [0.3, 0.4) is 0 Å². The predicted octanol–water partition coefficient (Wildman–Crippen LogP) is 5.20. The zero-order chi connectivity index (χ0) is 44.4. The van der Waals surface area contributed by atoms with Crippen LogP contribution >= 0.6 is 11.6 Å². The van der Waals surface area contributed by atoms with Crippen LogP contribution in [0.5, 0.6) is 17.8 Å². The molecule has 1 saturated carbocycles. The highest BCUT2D eigenvalue weighted by molar-refractivity contribution is 6.39. The molecule has 62 heavy (non-hydrogen) atoms. The number of halogens is 4. The summed E-state index contributed by atoms with van der Waals surface area (Å²) >= 11 is 6.04. The molecule has 324 valence electrons. The van der Waals surface area contributed by atoms with Crippen LogP contribution in [0.25, 0.3) is 11.4 Å². The quantitative estimate of drug-likeness (QED) is 0.0597. The minimum Gasteiger partial charge on any atom is -0.481 e. The second-order valence-electron chi connectivity index (χ2n) is 13.5. The first-order valence-corrected chi connectivity index (χ1v) is 19.0. The Morgan fingerprint density at radius 2 is 1.42 bits per heavy atom. The van der Waals surface area contributed by atoms with Gasteiger partial charge in [0.15, 0.2) is 12.4 Å². The molecule has 1 aliphatic carbocycles. The van der Waals surface area contributed by atoms with Gasteiger partial charge in [-0.05, 0) is 85.5 Å². The molecule has 3 aromatic carbocycles. The minimum absolute atomic E-state index is 0.0395. The molecular formula is C40H38ClF3N10O8. The van der Waals surface area contributed by atoms with Crippen molar-refractivity contribution >= 4 is 58.6 Å². The van der Waals surface area contributed by atoms with Crippen LogP contribution in [0.1, 0.15) is 35.2 Å². The number of anilines is 4. The van der Waals surface area contributed by atoms with Crippen molar-refractivity contribution in [3.63, 3.8) is 0 Å². The van der Waals surface area contributed by atoms with Crippen LogP contribution in [-0.4, -0.2) is 95.3 Å². The second kappa shape index (κ2) is 19.4. The molecule has 2 heterocycles. The average molecular weight is 879 g/mol. The van der Waals surface area contributed by atoms with Crippen molar-refractivity contribution in [3.05, 3.63) is 95.0 Å². The Balaban J connectivity index is 1.03. The first kappa shape index (κ1) is 44.3. The van der Waals surface area contributed by atoms with Gasteiger partial charge in [-0.25, -0.2) is 4.79 Å². The molecule has 22 heteroatoms. The number of ether oxygens (including phenoxy) is 4. The summed E-state index contributed by atoms with van der Waals surface area (Å²) in [7, 11) is 4.03. The van der Waals surface area contributed by atoms with E-state index in [0.29, 0.717) is 40.6 Å². The number of hydrogen-bond acceptors (Lipinski definition) is 15. The van der Waals surface area contributed by atoms with Crippen LogP contribution in [0.2, 0.25) is 5.02 Å². The second-order valence-corrected chi connectivity index (χ2v) is 13.9. The van der Waals surface area contributed by atoms with E-state index in [0.717, 1.165) is 12.7 Å². The van der Waals surface area contributed by atoms with E-state index in [4.69, 9.17) is 30.5 Å². The van der Waals surface area contributed by atoms with Gasteiger partial charge in [-0.2, -0.15) is 38.1 Å². The van der Waals surface area contributed by atoms with Crippen molar-refractivity contribution in [2.24, 2.45) is 0 Å². The van der Waals surface area contributed by atoms with Crippen molar-refractivity contribution < 1.29 is 51.3 Å². The number of carbonyl (C=O) groups excluding carboxylic acids is 4. The van der Waals surface area contributed by atoms with E-state index in [-0.39, 0.29) is 42.2 Å². The zero-order valence-corrected chi connectivity index (χ0v) is 33.9. The van der Waals surface area contributed by atoms with Gasteiger partial charge in [0.2, 0.25) is 23.7 Å². The maximum atomic E-state index is 13.2. The van der Waals surface area contributed by atoms with E-state index in [2.05, 4.69) is 51.5 Å². The summed E-state index contributed by atoms with van der Waals surface area (Å²) in [5.41, 5.74) is 1.66. The first-order valence-electron chi connectivity index (χ1n) is 18.6. The third kappa shape index (κ3) is 11.9. The van der Waals surface area contributed by atoms with E-state index in [1.807, 2.05) is 12.1 Å². The Hall–Kier alpha value is -7.29. The molecule has 3 amide bonds. The smallest absolute Gasteiger partial charge is 0.422 e. The number of nitrogens with one attached hydrogen (secondary N) is 5. The molecule has 5 aromatic rings. The van der Waals surface area contributed by atoms with Crippen LogP contribution in [0.15, 0.2) is 78.9 Å². The van der Waals surface area contributed by atoms with E-state index >= 15 is 0 Å². The number of nitrogens with zero attached hydrogens (tertiary/aromatic N) is 5. The lowest BCUT2D eigenvalue weighted by Crippen LogP contribution is -2.44. The predicted molar refractivity (Wildman–Crippen MR) is 217 cm³/mol. The molecule has 0 saturated heterocycles. The molecule has 0 aliphatic heterocycles. The Morgan fingerprint density at radius 1 is 0.790 bits per heavy atom. The lowest BCUT2D eigenvalue weighted by Gasteiger charge is -2.19. The lowest BCUT2D eigenvalue weighted by molar-refractivity contribution is -0.154. The monoisotopic (exact) mass is 878 g/mol. The highest BCUT2D eigenvalue weighted by Gasteiger charge is 2.45. The Labute approximate surface area is 356 Å². The van der Waals surface area contributed by atoms with Gasteiger partial charge in [-0.1, -0.05) is 23.7 Å². The minimum atomic E-state index is -4.65. The summed E-state index contributed by atoms with van der Waals surface area (Å²) in [6.07, 6.45) is -3.39. The molecule has 0 spiro atoms. The van der Waals surface area contributed by atoms with Gasteiger partial charge < -0.3 is 45.5 Å².